The van der Waals surface area contributed by atoms with E-state index in [0.717, 1.165) is 11.8 Å². The van der Waals surface area contributed by atoms with Crippen molar-refractivity contribution in [3.8, 4) is 0 Å². The fourth-order valence-electron chi connectivity index (χ4n) is 5.03. The molecule has 4 rings (SSSR count). The zero-order valence-corrected chi connectivity index (χ0v) is 9.53. The van der Waals surface area contributed by atoms with Crippen molar-refractivity contribution in [1.29, 1.82) is 0 Å². The van der Waals surface area contributed by atoms with Gasteiger partial charge in [-0.2, -0.15) is 0 Å². The van der Waals surface area contributed by atoms with Crippen LogP contribution < -0.4 is 0 Å². The van der Waals surface area contributed by atoms with Gasteiger partial charge in [0.05, 0.1) is 6.10 Å². The van der Waals surface area contributed by atoms with Gasteiger partial charge in [-0.1, -0.05) is 0 Å². The number of methoxy groups -OCH3 is 1. The molecule has 0 aromatic heterocycles. The number of rotatable bonds is 1. The van der Waals surface area contributed by atoms with E-state index in [1.807, 2.05) is 0 Å². The molecule has 0 unspecified atom stereocenters. The molecule has 2 aliphatic carbocycles. The third-order valence-electron chi connectivity index (χ3n) is 5.35. The van der Waals surface area contributed by atoms with E-state index in [-0.39, 0.29) is 5.79 Å². The molecule has 2 bridgehead atoms. The summed E-state index contributed by atoms with van der Waals surface area (Å²) in [6, 6.07) is 0. The molecular weight excluding hydrogens is 192 g/mol. The molecule has 84 valence electrons. The maximum absolute atomic E-state index is 6.11. The van der Waals surface area contributed by atoms with Crippen LogP contribution in [0.15, 0.2) is 0 Å². The van der Waals surface area contributed by atoms with Gasteiger partial charge in [0.2, 0.25) is 0 Å². The molecule has 15 heavy (non-hydrogen) atoms. The highest BCUT2D eigenvalue weighted by Gasteiger charge is 2.75. The summed E-state index contributed by atoms with van der Waals surface area (Å²) < 4.78 is 17.8. The summed E-state index contributed by atoms with van der Waals surface area (Å²) in [4.78, 5) is 0. The Kier molecular flexibility index (Phi) is 1.35. The molecule has 0 N–H and O–H groups in total. The molecule has 2 saturated carbocycles. The summed E-state index contributed by atoms with van der Waals surface area (Å²) in [7, 11) is 1.76. The predicted molar refractivity (Wildman–Crippen MR) is 53.0 cm³/mol. The summed E-state index contributed by atoms with van der Waals surface area (Å²) >= 11 is 0. The molecule has 4 fully saturated rings. The Morgan fingerprint density at radius 2 is 2.00 bits per heavy atom. The van der Waals surface area contributed by atoms with Gasteiger partial charge in [0.25, 0.3) is 0 Å². The first-order valence-electron chi connectivity index (χ1n) is 6.00. The Bertz CT molecular complexity index is 327. The molecule has 2 saturated heterocycles. The van der Waals surface area contributed by atoms with Crippen LogP contribution in [0.25, 0.3) is 0 Å². The van der Waals surface area contributed by atoms with Crippen LogP contribution in [0.3, 0.4) is 0 Å². The average Bonchev–Trinajstić information content (AvgIpc) is 2.79. The Labute approximate surface area is 90.1 Å². The standard InChI is InChI=1S/C12H18O3/c1-11(13-3)9-6-4-7-8(5-6)14-12(2,15-11)10(7)9/h6-10H,4-5H2,1-3H3/t6-,7+,8-,9+,10-,11+,12+/m1/s1. The number of hydrogen-bond acceptors (Lipinski definition) is 3. The quantitative estimate of drug-likeness (QED) is 0.660. The largest absolute Gasteiger partial charge is 0.353 e. The molecule has 3 heteroatoms. The minimum Gasteiger partial charge on any atom is -0.353 e. The number of fused-ring (bicyclic) bond motifs is 2. The first kappa shape index (κ1) is 8.97. The Morgan fingerprint density at radius 1 is 1.20 bits per heavy atom. The molecule has 4 aliphatic rings. The molecule has 2 aliphatic heterocycles. The van der Waals surface area contributed by atoms with E-state index in [0.29, 0.717) is 17.9 Å². The Morgan fingerprint density at radius 3 is 2.73 bits per heavy atom. The van der Waals surface area contributed by atoms with Crippen molar-refractivity contribution in [2.45, 2.75) is 44.4 Å². The predicted octanol–water partition coefficient (Wildman–Crippen LogP) is 1.77. The van der Waals surface area contributed by atoms with Crippen molar-refractivity contribution in [3.05, 3.63) is 0 Å². The summed E-state index contributed by atoms with van der Waals surface area (Å²) in [5, 5.41) is 0. The van der Waals surface area contributed by atoms with Crippen LogP contribution >= 0.6 is 0 Å². The highest BCUT2D eigenvalue weighted by atomic mass is 16.8. The van der Waals surface area contributed by atoms with Crippen molar-refractivity contribution in [2.24, 2.45) is 23.7 Å². The van der Waals surface area contributed by atoms with Gasteiger partial charge in [-0.05, 0) is 38.5 Å². The van der Waals surface area contributed by atoms with Crippen molar-refractivity contribution in [2.75, 3.05) is 7.11 Å². The Balaban J connectivity index is 1.85. The first-order chi connectivity index (χ1) is 7.07. The lowest BCUT2D eigenvalue weighted by Gasteiger charge is -2.36. The summed E-state index contributed by atoms with van der Waals surface area (Å²) in [5.74, 6) is 1.85. The monoisotopic (exact) mass is 210 g/mol. The van der Waals surface area contributed by atoms with Crippen molar-refractivity contribution in [1.82, 2.24) is 0 Å². The number of hydrogen-bond donors (Lipinski definition) is 0. The Hall–Kier alpha value is -0.120. The lowest BCUT2D eigenvalue weighted by Crippen LogP contribution is -2.42. The zero-order valence-electron chi connectivity index (χ0n) is 9.53. The van der Waals surface area contributed by atoms with Crippen LogP contribution in [0.2, 0.25) is 0 Å². The molecule has 7 atom stereocenters. The van der Waals surface area contributed by atoms with E-state index in [9.17, 15) is 0 Å². The minimum atomic E-state index is -0.412. The van der Waals surface area contributed by atoms with Gasteiger partial charge in [-0.25, -0.2) is 0 Å². The van der Waals surface area contributed by atoms with Gasteiger partial charge < -0.3 is 14.2 Å². The molecule has 0 spiro atoms. The van der Waals surface area contributed by atoms with Crippen LogP contribution in [-0.4, -0.2) is 24.8 Å². The van der Waals surface area contributed by atoms with Crippen LogP contribution in [-0.2, 0) is 14.2 Å². The van der Waals surface area contributed by atoms with E-state index in [4.69, 9.17) is 14.2 Å². The minimum absolute atomic E-state index is 0.365. The molecular formula is C12H18O3. The fourth-order valence-corrected chi connectivity index (χ4v) is 5.03. The molecule has 0 radical (unpaired) electrons. The van der Waals surface area contributed by atoms with Gasteiger partial charge in [-0.3, -0.25) is 0 Å². The third kappa shape index (κ3) is 0.787. The van der Waals surface area contributed by atoms with Gasteiger partial charge in [-0.15, -0.1) is 0 Å². The maximum Gasteiger partial charge on any atom is 0.172 e. The third-order valence-corrected chi connectivity index (χ3v) is 5.35. The SMILES string of the molecule is CO[C@@]1(C)O[C@]2(C)O[C@@H]3C[C@H]4C[C@@H]3[C@@H]2[C@H]41. The zero-order chi connectivity index (χ0) is 10.4. The molecule has 0 aromatic rings. The number of ether oxygens (including phenoxy) is 3. The van der Waals surface area contributed by atoms with E-state index >= 15 is 0 Å². The fraction of sp³-hybridized carbons (Fsp3) is 1.00. The molecule has 3 nitrogen and oxygen atoms in total. The van der Waals surface area contributed by atoms with E-state index < -0.39 is 5.79 Å². The summed E-state index contributed by atoms with van der Waals surface area (Å²) in [6.07, 6.45) is 3.03. The van der Waals surface area contributed by atoms with Crippen LogP contribution in [0.4, 0.5) is 0 Å². The van der Waals surface area contributed by atoms with Gasteiger partial charge in [0.15, 0.2) is 11.6 Å². The van der Waals surface area contributed by atoms with E-state index in [2.05, 4.69) is 13.8 Å². The van der Waals surface area contributed by atoms with Crippen LogP contribution in [0, 0.1) is 23.7 Å². The van der Waals surface area contributed by atoms with Gasteiger partial charge >= 0.3 is 0 Å². The smallest absolute Gasteiger partial charge is 0.172 e. The molecule has 0 amide bonds. The highest BCUT2D eigenvalue weighted by Crippen LogP contribution is 2.70. The average molecular weight is 210 g/mol. The van der Waals surface area contributed by atoms with Crippen molar-refractivity contribution < 1.29 is 14.2 Å². The lowest BCUT2D eigenvalue weighted by molar-refractivity contribution is -0.316. The summed E-state index contributed by atoms with van der Waals surface area (Å²) in [6.45, 7) is 4.19. The highest BCUT2D eigenvalue weighted by molar-refractivity contribution is 5.16. The lowest BCUT2D eigenvalue weighted by atomic mass is 9.75. The second kappa shape index (κ2) is 2.27. The maximum atomic E-state index is 6.11. The molecule has 0 aromatic carbocycles. The van der Waals surface area contributed by atoms with E-state index in [1.165, 1.54) is 12.8 Å². The van der Waals surface area contributed by atoms with Crippen LogP contribution in [0.5, 0.6) is 0 Å². The second-order valence-corrected chi connectivity index (χ2v) is 5.94. The van der Waals surface area contributed by atoms with E-state index in [1.54, 1.807) is 7.11 Å². The van der Waals surface area contributed by atoms with Gasteiger partial charge in [0, 0.05) is 18.9 Å². The van der Waals surface area contributed by atoms with Gasteiger partial charge in [0.1, 0.15) is 0 Å². The normalized spacial score (nSPS) is 69.4. The molecule has 2 heterocycles. The first-order valence-corrected chi connectivity index (χ1v) is 6.00. The summed E-state index contributed by atoms with van der Waals surface area (Å²) in [5.41, 5.74) is 0. The van der Waals surface area contributed by atoms with Crippen molar-refractivity contribution in [3.63, 3.8) is 0 Å². The van der Waals surface area contributed by atoms with Crippen molar-refractivity contribution >= 4 is 0 Å². The van der Waals surface area contributed by atoms with Crippen LogP contribution in [0.1, 0.15) is 26.7 Å². The second-order valence-electron chi connectivity index (χ2n) is 5.94. The topological polar surface area (TPSA) is 27.7 Å².